The molecule has 2 aromatic rings. The first-order valence-corrected chi connectivity index (χ1v) is 10.4. The third kappa shape index (κ3) is 5.06. The number of piperazine rings is 1. The van der Waals surface area contributed by atoms with E-state index in [9.17, 15) is 4.79 Å². The zero-order chi connectivity index (χ0) is 19.6. The molecule has 1 aliphatic heterocycles. The average Bonchev–Trinajstić information content (AvgIpc) is 2.63. The lowest BCUT2D eigenvalue weighted by atomic mass is 10.2. The number of hydrogen-bond acceptors (Lipinski definition) is 5. The van der Waals surface area contributed by atoms with E-state index < -0.39 is 0 Å². The number of hydrogen-bond donors (Lipinski definition) is 0. The first-order valence-electron chi connectivity index (χ1n) is 8.81. The van der Waals surface area contributed by atoms with Crippen molar-refractivity contribution < 1.29 is 4.79 Å². The van der Waals surface area contributed by atoms with Crippen molar-refractivity contribution in [2.75, 3.05) is 31.1 Å². The molecule has 1 unspecified atom stereocenters. The fraction of sp³-hybridized carbons (Fsp3) is 0.421. The fourth-order valence-electron chi connectivity index (χ4n) is 3.08. The number of benzene rings is 1. The Bertz CT molecular complexity index is 820. The standard InChI is InChI=1S/C19H22Cl2N4OS/c1-12-10-18(23-14(3)22-12)24-6-8-25(9-7-24)19(26)13(2)27-17-11-15(20)4-5-16(17)21/h4-5,10-11,13H,6-9H2,1-3H3. The summed E-state index contributed by atoms with van der Waals surface area (Å²) in [6.07, 6.45) is 0. The summed E-state index contributed by atoms with van der Waals surface area (Å²) in [5, 5.41) is 1.00. The Hall–Kier alpha value is -1.50. The minimum atomic E-state index is -0.226. The molecule has 1 fully saturated rings. The molecule has 8 heteroatoms. The number of anilines is 1. The van der Waals surface area contributed by atoms with Crippen LogP contribution in [0.5, 0.6) is 0 Å². The van der Waals surface area contributed by atoms with Gasteiger partial charge in [-0.15, -0.1) is 11.8 Å². The monoisotopic (exact) mass is 424 g/mol. The summed E-state index contributed by atoms with van der Waals surface area (Å²) < 4.78 is 0. The lowest BCUT2D eigenvalue weighted by molar-refractivity contribution is -0.130. The summed E-state index contributed by atoms with van der Waals surface area (Å²) in [4.78, 5) is 26.6. The van der Waals surface area contributed by atoms with Crippen molar-refractivity contribution in [2.45, 2.75) is 30.9 Å². The molecule has 1 aromatic carbocycles. The summed E-state index contributed by atoms with van der Waals surface area (Å²) in [5.41, 5.74) is 0.958. The number of carbonyl (C=O) groups is 1. The molecule has 0 N–H and O–H groups in total. The van der Waals surface area contributed by atoms with Crippen LogP contribution in [-0.4, -0.2) is 52.2 Å². The molecule has 0 spiro atoms. The van der Waals surface area contributed by atoms with E-state index in [-0.39, 0.29) is 11.2 Å². The molecule has 1 aliphatic rings. The first kappa shape index (κ1) is 20.2. The van der Waals surface area contributed by atoms with Gasteiger partial charge >= 0.3 is 0 Å². The van der Waals surface area contributed by atoms with Gasteiger partial charge in [0.15, 0.2) is 0 Å². The Labute approximate surface area is 174 Å². The molecule has 3 rings (SSSR count). The first-order chi connectivity index (χ1) is 12.8. The Morgan fingerprint density at radius 3 is 2.48 bits per heavy atom. The largest absolute Gasteiger partial charge is 0.353 e. The van der Waals surface area contributed by atoms with Crippen LogP contribution in [0.4, 0.5) is 5.82 Å². The highest BCUT2D eigenvalue weighted by Gasteiger charge is 2.26. The lowest BCUT2D eigenvalue weighted by Crippen LogP contribution is -2.51. The van der Waals surface area contributed by atoms with Gasteiger partial charge in [0.2, 0.25) is 5.91 Å². The van der Waals surface area contributed by atoms with Crippen LogP contribution in [0.3, 0.4) is 0 Å². The SMILES string of the molecule is Cc1cc(N2CCN(C(=O)C(C)Sc3cc(Cl)ccc3Cl)CC2)nc(C)n1. The van der Waals surface area contributed by atoms with Crippen LogP contribution in [-0.2, 0) is 4.79 Å². The number of amides is 1. The fourth-order valence-corrected chi connectivity index (χ4v) is 4.58. The zero-order valence-electron chi connectivity index (χ0n) is 15.6. The van der Waals surface area contributed by atoms with E-state index in [1.54, 1.807) is 18.2 Å². The summed E-state index contributed by atoms with van der Waals surface area (Å²) in [5.74, 6) is 1.82. The van der Waals surface area contributed by atoms with Crippen molar-refractivity contribution >= 4 is 46.7 Å². The van der Waals surface area contributed by atoms with Gasteiger partial charge in [0.05, 0.1) is 10.3 Å². The van der Waals surface area contributed by atoms with Crippen molar-refractivity contribution in [2.24, 2.45) is 0 Å². The van der Waals surface area contributed by atoms with E-state index in [1.165, 1.54) is 11.8 Å². The molecule has 27 heavy (non-hydrogen) atoms. The van der Waals surface area contributed by atoms with Crippen molar-refractivity contribution in [3.8, 4) is 0 Å². The van der Waals surface area contributed by atoms with E-state index in [1.807, 2.05) is 31.7 Å². The summed E-state index contributed by atoms with van der Waals surface area (Å²) in [6, 6.07) is 7.30. The van der Waals surface area contributed by atoms with Gasteiger partial charge in [0.1, 0.15) is 11.6 Å². The van der Waals surface area contributed by atoms with E-state index >= 15 is 0 Å². The number of rotatable bonds is 4. The number of aromatic nitrogens is 2. The van der Waals surface area contributed by atoms with Crippen LogP contribution in [0.1, 0.15) is 18.4 Å². The predicted molar refractivity (Wildman–Crippen MR) is 112 cm³/mol. The normalized spacial score (nSPS) is 15.7. The Kier molecular flexibility index (Phi) is 6.50. The second kappa shape index (κ2) is 8.67. The molecular weight excluding hydrogens is 403 g/mol. The highest BCUT2D eigenvalue weighted by Crippen LogP contribution is 2.33. The van der Waals surface area contributed by atoms with Gasteiger partial charge in [0, 0.05) is 47.9 Å². The molecular formula is C19H22Cl2N4OS. The van der Waals surface area contributed by atoms with Gasteiger partial charge in [0.25, 0.3) is 0 Å². The highest BCUT2D eigenvalue weighted by molar-refractivity contribution is 8.00. The highest BCUT2D eigenvalue weighted by atomic mass is 35.5. The maximum atomic E-state index is 12.8. The lowest BCUT2D eigenvalue weighted by Gasteiger charge is -2.36. The van der Waals surface area contributed by atoms with Crippen LogP contribution in [0, 0.1) is 13.8 Å². The molecule has 1 saturated heterocycles. The summed E-state index contributed by atoms with van der Waals surface area (Å²) in [6.45, 7) is 8.65. The summed E-state index contributed by atoms with van der Waals surface area (Å²) >= 11 is 13.7. The van der Waals surface area contributed by atoms with E-state index in [4.69, 9.17) is 23.2 Å². The van der Waals surface area contributed by atoms with E-state index in [2.05, 4.69) is 14.9 Å². The molecule has 5 nitrogen and oxygen atoms in total. The topological polar surface area (TPSA) is 49.3 Å². The summed E-state index contributed by atoms with van der Waals surface area (Å²) in [7, 11) is 0. The third-order valence-corrected chi connectivity index (χ3v) is 6.24. The Morgan fingerprint density at radius 1 is 1.11 bits per heavy atom. The van der Waals surface area contributed by atoms with Gasteiger partial charge in [-0.3, -0.25) is 4.79 Å². The molecule has 0 bridgehead atoms. The maximum Gasteiger partial charge on any atom is 0.235 e. The van der Waals surface area contributed by atoms with E-state index in [0.29, 0.717) is 23.1 Å². The molecule has 144 valence electrons. The number of nitrogens with zero attached hydrogens (tertiary/aromatic N) is 4. The average molecular weight is 425 g/mol. The van der Waals surface area contributed by atoms with Crippen LogP contribution in [0.25, 0.3) is 0 Å². The van der Waals surface area contributed by atoms with Gasteiger partial charge in [-0.25, -0.2) is 9.97 Å². The molecule has 0 radical (unpaired) electrons. The van der Waals surface area contributed by atoms with Crippen molar-refractivity contribution in [1.29, 1.82) is 0 Å². The quantitative estimate of drug-likeness (QED) is 0.687. The van der Waals surface area contributed by atoms with Crippen LogP contribution in [0.15, 0.2) is 29.2 Å². The van der Waals surface area contributed by atoms with Crippen molar-refractivity contribution in [3.05, 3.63) is 45.8 Å². The maximum absolute atomic E-state index is 12.8. The zero-order valence-corrected chi connectivity index (χ0v) is 17.9. The Morgan fingerprint density at radius 2 is 1.81 bits per heavy atom. The van der Waals surface area contributed by atoms with Crippen LogP contribution < -0.4 is 4.90 Å². The number of thioether (sulfide) groups is 1. The molecule has 1 amide bonds. The van der Waals surface area contributed by atoms with Crippen LogP contribution >= 0.6 is 35.0 Å². The number of halogens is 2. The van der Waals surface area contributed by atoms with Gasteiger partial charge < -0.3 is 9.80 Å². The van der Waals surface area contributed by atoms with Gasteiger partial charge in [-0.05, 0) is 39.0 Å². The number of carbonyl (C=O) groups excluding carboxylic acids is 1. The second-order valence-electron chi connectivity index (χ2n) is 6.56. The molecule has 1 atom stereocenters. The third-order valence-electron chi connectivity index (χ3n) is 4.41. The van der Waals surface area contributed by atoms with Crippen LogP contribution in [0.2, 0.25) is 10.0 Å². The van der Waals surface area contributed by atoms with Gasteiger partial charge in [-0.2, -0.15) is 0 Å². The minimum Gasteiger partial charge on any atom is -0.353 e. The molecule has 0 aliphatic carbocycles. The minimum absolute atomic E-state index is 0.116. The predicted octanol–water partition coefficient (Wildman–Crippen LogP) is 4.23. The molecule has 1 aromatic heterocycles. The van der Waals surface area contributed by atoms with E-state index in [0.717, 1.165) is 35.3 Å². The molecule has 0 saturated carbocycles. The van der Waals surface area contributed by atoms with Gasteiger partial charge in [-0.1, -0.05) is 23.2 Å². The van der Waals surface area contributed by atoms with Crippen molar-refractivity contribution in [3.63, 3.8) is 0 Å². The molecule has 2 heterocycles. The smallest absolute Gasteiger partial charge is 0.235 e. The van der Waals surface area contributed by atoms with Crippen molar-refractivity contribution in [1.82, 2.24) is 14.9 Å². The number of aryl methyl sites for hydroxylation is 2. The Balaban J connectivity index is 1.60. The second-order valence-corrected chi connectivity index (χ2v) is 8.79.